The number of nitrogens with zero attached hydrogens (tertiary/aromatic N) is 1. The Morgan fingerprint density at radius 2 is 2.33 bits per heavy atom. The van der Waals surface area contributed by atoms with Gasteiger partial charge in [0.2, 0.25) is 6.79 Å². The molecule has 1 aliphatic rings. The van der Waals surface area contributed by atoms with E-state index >= 15 is 0 Å². The lowest BCUT2D eigenvalue weighted by molar-refractivity contribution is 0.0691. The van der Waals surface area contributed by atoms with Crippen LogP contribution in [-0.4, -0.2) is 22.9 Å². The molecule has 1 aliphatic heterocycles. The number of nitrogens with one attached hydrogen (secondary N) is 1. The van der Waals surface area contributed by atoms with Gasteiger partial charge in [-0.2, -0.15) is 0 Å². The maximum absolute atomic E-state index is 10.7. The van der Waals surface area contributed by atoms with E-state index in [1.807, 2.05) is 12.1 Å². The quantitative estimate of drug-likeness (QED) is 0.885. The van der Waals surface area contributed by atoms with Crippen LogP contribution in [0.4, 0.5) is 10.8 Å². The molecule has 0 unspecified atom stereocenters. The van der Waals surface area contributed by atoms with Gasteiger partial charge in [0, 0.05) is 5.38 Å². The van der Waals surface area contributed by atoms with Crippen LogP contribution in [0.5, 0.6) is 11.5 Å². The molecule has 1 aromatic heterocycles. The first-order chi connectivity index (χ1) is 8.74. The molecule has 3 rings (SSSR count). The number of thiazole rings is 1. The third-order valence-corrected chi connectivity index (χ3v) is 3.12. The molecule has 2 aromatic rings. The van der Waals surface area contributed by atoms with Crippen molar-refractivity contribution in [3.8, 4) is 11.5 Å². The third-order valence-electron chi connectivity index (χ3n) is 2.36. The molecule has 0 saturated heterocycles. The first-order valence-corrected chi connectivity index (χ1v) is 5.96. The SMILES string of the molecule is O=C(O)c1csc(Nc2cccc3c2OCO3)n1. The summed E-state index contributed by atoms with van der Waals surface area (Å²) < 4.78 is 10.6. The molecule has 0 radical (unpaired) electrons. The third kappa shape index (κ3) is 1.84. The Kier molecular flexibility index (Phi) is 2.52. The molecule has 0 amide bonds. The molecule has 0 aliphatic carbocycles. The van der Waals surface area contributed by atoms with E-state index in [-0.39, 0.29) is 12.5 Å². The van der Waals surface area contributed by atoms with Crippen molar-refractivity contribution in [3.63, 3.8) is 0 Å². The molecule has 7 heteroatoms. The van der Waals surface area contributed by atoms with E-state index in [0.29, 0.717) is 22.3 Å². The van der Waals surface area contributed by atoms with Gasteiger partial charge >= 0.3 is 5.97 Å². The number of para-hydroxylation sites is 1. The normalized spacial score (nSPS) is 12.4. The fourth-order valence-electron chi connectivity index (χ4n) is 1.57. The first-order valence-electron chi connectivity index (χ1n) is 5.08. The monoisotopic (exact) mass is 264 g/mol. The maximum atomic E-state index is 10.7. The molecule has 0 atom stereocenters. The van der Waals surface area contributed by atoms with Gasteiger partial charge in [0.25, 0.3) is 0 Å². The zero-order chi connectivity index (χ0) is 12.5. The van der Waals surface area contributed by atoms with Gasteiger partial charge in [-0.1, -0.05) is 6.07 Å². The Morgan fingerprint density at radius 3 is 3.11 bits per heavy atom. The zero-order valence-electron chi connectivity index (χ0n) is 9.04. The minimum atomic E-state index is -1.04. The lowest BCUT2D eigenvalue weighted by Crippen LogP contribution is -1.98. The summed E-state index contributed by atoms with van der Waals surface area (Å²) in [7, 11) is 0. The van der Waals surface area contributed by atoms with E-state index in [1.54, 1.807) is 6.07 Å². The highest BCUT2D eigenvalue weighted by molar-refractivity contribution is 7.14. The van der Waals surface area contributed by atoms with Crippen molar-refractivity contribution >= 4 is 28.1 Å². The highest BCUT2D eigenvalue weighted by Gasteiger charge is 2.18. The smallest absolute Gasteiger partial charge is 0.355 e. The van der Waals surface area contributed by atoms with Gasteiger partial charge < -0.3 is 19.9 Å². The number of benzene rings is 1. The predicted molar refractivity (Wildman–Crippen MR) is 64.9 cm³/mol. The minimum absolute atomic E-state index is 0.0206. The summed E-state index contributed by atoms with van der Waals surface area (Å²) in [5.74, 6) is 0.233. The van der Waals surface area contributed by atoms with Gasteiger partial charge in [-0.05, 0) is 12.1 Å². The number of ether oxygens (including phenoxy) is 2. The Labute approximate surface area is 106 Å². The summed E-state index contributed by atoms with van der Waals surface area (Å²) in [6, 6.07) is 5.44. The Hall–Kier alpha value is -2.28. The van der Waals surface area contributed by atoms with E-state index in [0.717, 1.165) is 0 Å². The summed E-state index contributed by atoms with van der Waals surface area (Å²) in [5, 5.41) is 13.8. The maximum Gasteiger partial charge on any atom is 0.355 e. The molecule has 0 spiro atoms. The number of anilines is 2. The van der Waals surface area contributed by atoms with Gasteiger partial charge in [-0.3, -0.25) is 0 Å². The molecule has 0 bridgehead atoms. The van der Waals surface area contributed by atoms with Crippen molar-refractivity contribution in [2.24, 2.45) is 0 Å². The Bertz CT molecular complexity index is 611. The average Bonchev–Trinajstić information content (AvgIpc) is 2.97. The van der Waals surface area contributed by atoms with Crippen LogP contribution in [-0.2, 0) is 0 Å². The number of carboxylic acids is 1. The number of aromatic carboxylic acids is 1. The standard InChI is InChI=1S/C11H8N2O4S/c14-10(15)7-4-18-11(13-7)12-6-2-1-3-8-9(6)17-5-16-8/h1-4H,5H2,(H,12,13)(H,14,15). The second kappa shape index (κ2) is 4.19. The van der Waals surface area contributed by atoms with Crippen molar-refractivity contribution in [3.05, 3.63) is 29.3 Å². The van der Waals surface area contributed by atoms with Crippen LogP contribution < -0.4 is 14.8 Å². The van der Waals surface area contributed by atoms with Crippen LogP contribution in [0.15, 0.2) is 23.6 Å². The van der Waals surface area contributed by atoms with Gasteiger partial charge in [0.05, 0.1) is 5.69 Å². The van der Waals surface area contributed by atoms with Gasteiger partial charge in [-0.25, -0.2) is 9.78 Å². The highest BCUT2D eigenvalue weighted by Crippen LogP contribution is 2.40. The molecule has 2 heterocycles. The van der Waals surface area contributed by atoms with E-state index in [1.165, 1.54) is 16.7 Å². The second-order valence-corrected chi connectivity index (χ2v) is 4.37. The summed E-state index contributed by atoms with van der Waals surface area (Å²) in [4.78, 5) is 14.7. The predicted octanol–water partition coefficient (Wildman–Crippen LogP) is 2.31. The second-order valence-electron chi connectivity index (χ2n) is 3.51. The van der Waals surface area contributed by atoms with E-state index in [2.05, 4.69) is 10.3 Å². The summed E-state index contributed by atoms with van der Waals surface area (Å²) in [6.45, 7) is 0.187. The van der Waals surface area contributed by atoms with E-state index in [9.17, 15) is 4.79 Å². The fourth-order valence-corrected chi connectivity index (χ4v) is 2.27. The van der Waals surface area contributed by atoms with Crippen molar-refractivity contribution in [1.29, 1.82) is 0 Å². The highest BCUT2D eigenvalue weighted by atomic mass is 32.1. The molecular formula is C11H8N2O4S. The minimum Gasteiger partial charge on any atom is -0.476 e. The number of carbonyl (C=O) groups is 1. The molecule has 6 nitrogen and oxygen atoms in total. The molecular weight excluding hydrogens is 256 g/mol. The summed E-state index contributed by atoms with van der Waals surface area (Å²) in [6.07, 6.45) is 0. The van der Waals surface area contributed by atoms with Gasteiger partial charge in [0.1, 0.15) is 0 Å². The summed E-state index contributed by atoms with van der Waals surface area (Å²) in [5.41, 5.74) is 0.725. The molecule has 0 fully saturated rings. The van der Waals surface area contributed by atoms with Crippen molar-refractivity contribution in [2.75, 3.05) is 12.1 Å². The number of hydrogen-bond acceptors (Lipinski definition) is 6. The fraction of sp³-hybridized carbons (Fsp3) is 0.0909. The van der Waals surface area contributed by atoms with Crippen LogP contribution in [0, 0.1) is 0 Å². The topological polar surface area (TPSA) is 80.7 Å². The molecule has 92 valence electrons. The Morgan fingerprint density at radius 1 is 1.44 bits per heavy atom. The van der Waals surface area contributed by atoms with E-state index < -0.39 is 5.97 Å². The number of hydrogen-bond donors (Lipinski definition) is 2. The largest absolute Gasteiger partial charge is 0.476 e. The van der Waals surface area contributed by atoms with Crippen LogP contribution >= 0.6 is 11.3 Å². The number of aromatic nitrogens is 1. The molecule has 2 N–H and O–H groups in total. The number of fused-ring (bicyclic) bond motifs is 1. The van der Waals surface area contributed by atoms with Crippen molar-refractivity contribution in [1.82, 2.24) is 4.98 Å². The molecule has 1 aromatic carbocycles. The Balaban J connectivity index is 1.88. The van der Waals surface area contributed by atoms with Crippen LogP contribution in [0.2, 0.25) is 0 Å². The number of carboxylic acid groups (broad SMARTS) is 1. The lowest BCUT2D eigenvalue weighted by Gasteiger charge is -2.05. The van der Waals surface area contributed by atoms with Crippen LogP contribution in [0.25, 0.3) is 0 Å². The van der Waals surface area contributed by atoms with E-state index in [4.69, 9.17) is 14.6 Å². The summed E-state index contributed by atoms with van der Waals surface area (Å²) >= 11 is 1.22. The molecule has 18 heavy (non-hydrogen) atoms. The average molecular weight is 264 g/mol. The lowest BCUT2D eigenvalue weighted by atomic mass is 10.3. The van der Waals surface area contributed by atoms with Crippen molar-refractivity contribution in [2.45, 2.75) is 0 Å². The van der Waals surface area contributed by atoms with Crippen LogP contribution in [0.3, 0.4) is 0 Å². The van der Waals surface area contributed by atoms with Crippen LogP contribution in [0.1, 0.15) is 10.5 Å². The first kappa shape index (κ1) is 10.8. The zero-order valence-corrected chi connectivity index (χ0v) is 9.86. The van der Waals surface area contributed by atoms with Gasteiger partial charge in [0.15, 0.2) is 22.3 Å². The molecule has 0 saturated carbocycles. The van der Waals surface area contributed by atoms with Gasteiger partial charge in [-0.15, -0.1) is 11.3 Å². The number of rotatable bonds is 3. The van der Waals surface area contributed by atoms with Crippen molar-refractivity contribution < 1.29 is 19.4 Å².